The number of amides is 8. The van der Waals surface area contributed by atoms with Crippen LogP contribution in [-0.2, 0) is 64.0 Å². The first-order valence-corrected chi connectivity index (χ1v) is 30.0. The minimum atomic E-state index is -1.73. The second kappa shape index (κ2) is 33.7. The Bertz CT molecular complexity index is 2750. The molecule has 22 nitrogen and oxygen atoms in total. The molecule has 0 aliphatic carbocycles. The van der Waals surface area contributed by atoms with E-state index in [-0.39, 0.29) is 61.7 Å². The standard InChI is InChI=1S/C57H76ClN11O11S2/c1-3-4-7-26-62-39-19-11-35(12-20-39)29-45-53(76)63-43(8-5-6-25-59)52(75)69-49(33(2)70)57(80)68-48(55(78)64-44(50(61)73)28-36-13-21-40(71)22-14-36)32-82-81-31-47(67-51(74)42(60)27-34-9-17-38(58)18-10-34)56(79)66-46(54(77)65-45)30-37-15-23-41(72)24-16-37/h9-24,33,42-49,62,70-72H,3-8,25-32,59-60H2,1-2H3,(H2,61,73)(H,63,76)(H,64,78)(H,65,77)(H,66,79)(H,67,74)(H,68,80)(H,69,75)/t33?,42-,43-,44+,45+,46-,47+,48-,49?/m0/s1. The minimum Gasteiger partial charge on any atom is -0.508 e. The van der Waals surface area contributed by atoms with Crippen molar-refractivity contribution in [2.45, 2.75) is 132 Å². The number of hydrogen-bond acceptors (Lipinski definition) is 16. The Balaban J connectivity index is 1.57. The van der Waals surface area contributed by atoms with E-state index >= 15 is 0 Å². The van der Waals surface area contributed by atoms with Crippen molar-refractivity contribution in [3.8, 4) is 11.5 Å². The van der Waals surface area contributed by atoms with Crippen molar-refractivity contribution in [2.24, 2.45) is 17.2 Å². The Kier molecular flexibility index (Phi) is 27.0. The summed E-state index contributed by atoms with van der Waals surface area (Å²) in [7, 11) is 1.95. The maximum absolute atomic E-state index is 14.9. The fraction of sp³-hybridized carbons (Fsp3) is 0.439. The van der Waals surface area contributed by atoms with Crippen LogP contribution in [0.5, 0.6) is 11.5 Å². The lowest BCUT2D eigenvalue weighted by Crippen LogP contribution is -2.62. The number of primary amides is 1. The summed E-state index contributed by atoms with van der Waals surface area (Å²) < 4.78 is 0. The summed E-state index contributed by atoms with van der Waals surface area (Å²) in [6, 6.07) is 14.2. The van der Waals surface area contributed by atoms with Gasteiger partial charge in [0.15, 0.2) is 0 Å². The van der Waals surface area contributed by atoms with Crippen LogP contribution in [0.15, 0.2) is 97.1 Å². The van der Waals surface area contributed by atoms with Gasteiger partial charge in [0.2, 0.25) is 47.3 Å². The Labute approximate surface area is 490 Å². The third-order valence-corrected chi connectivity index (χ3v) is 16.0. The van der Waals surface area contributed by atoms with Crippen molar-refractivity contribution in [3.05, 3.63) is 124 Å². The van der Waals surface area contributed by atoms with Gasteiger partial charge in [0.05, 0.1) is 12.1 Å². The second-order valence-electron chi connectivity index (χ2n) is 20.1. The lowest BCUT2D eigenvalue weighted by atomic mass is 10.0. The highest BCUT2D eigenvalue weighted by atomic mass is 35.5. The van der Waals surface area contributed by atoms with Gasteiger partial charge in [-0.15, -0.1) is 0 Å². The van der Waals surface area contributed by atoms with E-state index in [2.05, 4.69) is 49.5 Å². The molecule has 4 aromatic rings. The SMILES string of the molecule is CCCCCNc1ccc(C[C@H]2NC(=O)[C@H](Cc3ccc(O)cc3)NC(=O)[C@H](NC(=O)[C@@H](N)Cc3ccc(Cl)cc3)CSSC[C@@H](C(=O)N[C@H](Cc3ccc(O)cc3)C(N)=O)NC(=O)C(C(C)O)NC(=O)[C@H](CCCCN)NC2=O)cc1. The topological polar surface area (TPSA) is 372 Å². The molecule has 5 rings (SSSR count). The molecule has 4 aromatic carbocycles. The number of nitrogens with two attached hydrogens (primary N) is 3. The zero-order valence-electron chi connectivity index (χ0n) is 45.9. The first kappa shape index (κ1) is 65.7. The van der Waals surface area contributed by atoms with Crippen LogP contribution in [0.1, 0.15) is 74.6 Å². The van der Waals surface area contributed by atoms with E-state index in [0.29, 0.717) is 40.1 Å². The van der Waals surface area contributed by atoms with Crippen molar-refractivity contribution in [1.29, 1.82) is 0 Å². The van der Waals surface area contributed by atoms with E-state index < -0.39 is 102 Å². The lowest BCUT2D eigenvalue weighted by Gasteiger charge is -2.29. The van der Waals surface area contributed by atoms with Crippen molar-refractivity contribution in [2.75, 3.05) is 29.9 Å². The molecule has 9 atom stereocenters. The number of carbonyl (C=O) groups excluding carboxylic acids is 8. The predicted octanol–water partition coefficient (Wildman–Crippen LogP) is 1.73. The van der Waals surface area contributed by atoms with E-state index in [1.54, 1.807) is 48.5 Å². The van der Waals surface area contributed by atoms with Crippen LogP contribution in [0.3, 0.4) is 0 Å². The highest BCUT2D eigenvalue weighted by Gasteiger charge is 2.36. The number of hydrogen-bond donors (Lipinski definition) is 14. The van der Waals surface area contributed by atoms with Gasteiger partial charge in [0.1, 0.15) is 53.8 Å². The van der Waals surface area contributed by atoms with Gasteiger partial charge in [-0.25, -0.2) is 0 Å². The van der Waals surface area contributed by atoms with Gasteiger partial charge in [-0.2, -0.15) is 0 Å². The summed E-state index contributed by atoms with van der Waals surface area (Å²) in [4.78, 5) is 114. The smallest absolute Gasteiger partial charge is 0.245 e. The number of aromatic hydroxyl groups is 2. The number of aliphatic hydroxyl groups is 1. The average Bonchev–Trinajstić information content (AvgIpc) is 3.60. The molecule has 25 heteroatoms. The van der Waals surface area contributed by atoms with Gasteiger partial charge in [-0.1, -0.05) is 101 Å². The zero-order chi connectivity index (χ0) is 59.7. The summed E-state index contributed by atoms with van der Waals surface area (Å²) in [6.45, 7) is 4.32. The number of anilines is 1. The summed E-state index contributed by atoms with van der Waals surface area (Å²) in [5, 5.41) is 53.6. The van der Waals surface area contributed by atoms with Crippen molar-refractivity contribution < 1.29 is 53.7 Å². The first-order chi connectivity index (χ1) is 39.2. The molecule has 0 saturated carbocycles. The van der Waals surface area contributed by atoms with Crippen LogP contribution in [0, 0.1) is 0 Å². The molecule has 444 valence electrons. The molecule has 1 saturated heterocycles. The number of benzene rings is 4. The normalized spacial score (nSPS) is 20.7. The fourth-order valence-corrected chi connectivity index (χ4v) is 11.0. The third-order valence-electron chi connectivity index (χ3n) is 13.3. The maximum Gasteiger partial charge on any atom is 0.245 e. The van der Waals surface area contributed by atoms with E-state index in [0.717, 1.165) is 53.1 Å². The molecule has 82 heavy (non-hydrogen) atoms. The molecule has 2 unspecified atom stereocenters. The molecule has 1 aliphatic heterocycles. The van der Waals surface area contributed by atoms with Crippen molar-refractivity contribution in [1.82, 2.24) is 37.2 Å². The highest BCUT2D eigenvalue weighted by Crippen LogP contribution is 2.25. The number of rotatable bonds is 23. The van der Waals surface area contributed by atoms with Crippen LogP contribution in [0.4, 0.5) is 5.69 Å². The Morgan fingerprint density at radius 1 is 0.659 bits per heavy atom. The van der Waals surface area contributed by atoms with Gasteiger partial charge in [-0.3, -0.25) is 38.4 Å². The van der Waals surface area contributed by atoms with Gasteiger partial charge in [0, 0.05) is 48.0 Å². The average molecular weight is 1190 g/mol. The van der Waals surface area contributed by atoms with Crippen LogP contribution < -0.4 is 59.7 Å². The second-order valence-corrected chi connectivity index (χ2v) is 23.1. The Hall–Kier alpha value is -7.09. The summed E-state index contributed by atoms with van der Waals surface area (Å²) in [5.41, 5.74) is 21.1. The number of carbonyl (C=O) groups is 8. The molecule has 17 N–H and O–H groups in total. The minimum absolute atomic E-state index is 0.00752. The first-order valence-electron chi connectivity index (χ1n) is 27.2. The molecule has 8 amide bonds. The predicted molar refractivity (Wildman–Crippen MR) is 317 cm³/mol. The molecule has 1 aliphatic rings. The molecule has 0 spiro atoms. The van der Waals surface area contributed by atoms with E-state index in [1.165, 1.54) is 43.3 Å². The van der Waals surface area contributed by atoms with Crippen molar-refractivity contribution in [3.63, 3.8) is 0 Å². The maximum atomic E-state index is 14.9. The largest absolute Gasteiger partial charge is 0.508 e. The van der Waals surface area contributed by atoms with Gasteiger partial charge >= 0.3 is 0 Å². The number of phenols is 2. The number of unbranched alkanes of at least 4 members (excludes halogenated alkanes) is 3. The van der Waals surface area contributed by atoms with E-state index in [1.807, 2.05) is 12.1 Å². The number of halogens is 1. The van der Waals surface area contributed by atoms with Crippen LogP contribution in [0.2, 0.25) is 5.02 Å². The molecule has 1 fully saturated rings. The molecule has 0 bridgehead atoms. The Morgan fingerprint density at radius 2 is 1.18 bits per heavy atom. The van der Waals surface area contributed by atoms with Crippen LogP contribution >= 0.6 is 33.2 Å². The zero-order valence-corrected chi connectivity index (χ0v) is 48.3. The lowest BCUT2D eigenvalue weighted by molar-refractivity contribution is -0.136. The van der Waals surface area contributed by atoms with Crippen LogP contribution in [0.25, 0.3) is 0 Å². The molecule has 0 aromatic heterocycles. The van der Waals surface area contributed by atoms with Gasteiger partial charge < -0.3 is 75.1 Å². The summed E-state index contributed by atoms with van der Waals surface area (Å²) >= 11 is 6.09. The quantitative estimate of drug-likeness (QED) is 0.0371. The third kappa shape index (κ3) is 22.0. The molecule has 1 heterocycles. The van der Waals surface area contributed by atoms with Crippen molar-refractivity contribution >= 4 is 86.1 Å². The number of nitrogens with one attached hydrogen (secondary N) is 8. The number of aliphatic hydroxyl groups excluding tert-OH is 1. The van der Waals surface area contributed by atoms with Gasteiger partial charge in [-0.05, 0) is 116 Å². The fourth-order valence-electron chi connectivity index (χ4n) is 8.59. The molecular weight excluding hydrogens is 1110 g/mol. The van der Waals surface area contributed by atoms with Crippen LogP contribution in [-0.4, -0.2) is 142 Å². The summed E-state index contributed by atoms with van der Waals surface area (Å²) in [5.74, 6) is -7.63. The van der Waals surface area contributed by atoms with Gasteiger partial charge in [0.25, 0.3) is 0 Å². The number of phenolic OH excluding ortho intramolecular Hbond substituents is 2. The molecular formula is C57H76ClN11O11S2. The Morgan fingerprint density at radius 3 is 1.76 bits per heavy atom. The highest BCUT2D eigenvalue weighted by molar-refractivity contribution is 8.76. The molecule has 0 radical (unpaired) electrons. The monoisotopic (exact) mass is 1190 g/mol. The van der Waals surface area contributed by atoms with E-state index in [9.17, 15) is 53.7 Å². The summed E-state index contributed by atoms with van der Waals surface area (Å²) in [6.07, 6.45) is 1.84. The van der Waals surface area contributed by atoms with E-state index in [4.69, 9.17) is 28.8 Å².